The number of carbonyl (C=O) groups excluding carboxylic acids is 2. The number of fused-ring (bicyclic) bond motifs is 4. The van der Waals surface area contributed by atoms with E-state index in [4.69, 9.17) is 0 Å². The van der Waals surface area contributed by atoms with Crippen LogP contribution >= 0.6 is 0 Å². The molecule has 17 heavy (non-hydrogen) atoms. The number of rotatable bonds is 3. The third kappa shape index (κ3) is 1.12. The van der Waals surface area contributed by atoms with Crippen molar-refractivity contribution >= 4 is 11.8 Å². The molecule has 2 unspecified atom stereocenters. The predicted molar refractivity (Wildman–Crippen MR) is 64.0 cm³/mol. The molecule has 3 heteroatoms. The quantitative estimate of drug-likeness (QED) is 0.550. The summed E-state index contributed by atoms with van der Waals surface area (Å²) in [6.45, 7) is 6.11. The third-order valence-electron chi connectivity index (χ3n) is 4.78. The summed E-state index contributed by atoms with van der Waals surface area (Å²) in [4.78, 5) is 26.0. The average molecular weight is 231 g/mol. The highest BCUT2D eigenvalue weighted by atomic mass is 16.2. The van der Waals surface area contributed by atoms with Crippen LogP contribution in [-0.2, 0) is 9.59 Å². The Hall–Kier alpha value is -1.38. The second kappa shape index (κ2) is 3.31. The van der Waals surface area contributed by atoms with Crippen molar-refractivity contribution in [1.29, 1.82) is 0 Å². The van der Waals surface area contributed by atoms with E-state index in [1.165, 1.54) is 10.5 Å². The fourth-order valence-electron chi connectivity index (χ4n) is 3.86. The van der Waals surface area contributed by atoms with Crippen molar-refractivity contribution in [1.82, 2.24) is 4.90 Å². The van der Waals surface area contributed by atoms with E-state index < -0.39 is 0 Å². The summed E-state index contributed by atoms with van der Waals surface area (Å²) < 4.78 is 0. The summed E-state index contributed by atoms with van der Waals surface area (Å²) in [5.41, 5.74) is 2.15. The van der Waals surface area contributed by atoms with Gasteiger partial charge in [-0.3, -0.25) is 14.5 Å². The first-order valence-corrected chi connectivity index (χ1v) is 6.33. The Morgan fingerprint density at radius 1 is 1.53 bits per heavy atom. The maximum atomic E-state index is 12.4. The van der Waals surface area contributed by atoms with E-state index in [2.05, 4.69) is 13.5 Å². The van der Waals surface area contributed by atoms with Crippen molar-refractivity contribution in [2.24, 2.45) is 11.3 Å². The van der Waals surface area contributed by atoms with Crippen molar-refractivity contribution < 1.29 is 9.59 Å². The standard InChI is InChI=1S/C14H17NO2/c1-3-7-15-12(16)10-9-5-6-14(4-2,8-9)11(10)13(15)17/h3,11H,1,4-8H2,2H3. The van der Waals surface area contributed by atoms with Gasteiger partial charge in [0.05, 0.1) is 5.92 Å². The molecule has 0 N–H and O–H groups in total. The van der Waals surface area contributed by atoms with Crippen LogP contribution in [0, 0.1) is 11.3 Å². The molecule has 90 valence electrons. The van der Waals surface area contributed by atoms with Gasteiger partial charge in [-0.2, -0.15) is 0 Å². The molecule has 2 amide bonds. The third-order valence-corrected chi connectivity index (χ3v) is 4.78. The van der Waals surface area contributed by atoms with Crippen molar-refractivity contribution in [3.8, 4) is 0 Å². The van der Waals surface area contributed by atoms with E-state index in [0.29, 0.717) is 6.54 Å². The molecule has 3 rings (SSSR count). The van der Waals surface area contributed by atoms with Gasteiger partial charge >= 0.3 is 0 Å². The smallest absolute Gasteiger partial charge is 0.257 e. The Labute approximate surface area is 101 Å². The first-order chi connectivity index (χ1) is 8.14. The molecule has 0 aromatic rings. The SMILES string of the molecule is C=CCN1C(=O)C2=C3CCC(CC)(C3)C2C1=O. The van der Waals surface area contributed by atoms with E-state index in [1.54, 1.807) is 6.08 Å². The topological polar surface area (TPSA) is 37.4 Å². The van der Waals surface area contributed by atoms with Gasteiger partial charge in [0.1, 0.15) is 0 Å². The Morgan fingerprint density at radius 3 is 2.94 bits per heavy atom. The van der Waals surface area contributed by atoms with Gasteiger partial charge < -0.3 is 0 Å². The second-order valence-electron chi connectivity index (χ2n) is 5.39. The Bertz CT molecular complexity index is 463. The lowest BCUT2D eigenvalue weighted by atomic mass is 9.72. The minimum Gasteiger partial charge on any atom is -0.274 e. The molecular weight excluding hydrogens is 214 g/mol. The van der Waals surface area contributed by atoms with Gasteiger partial charge in [-0.25, -0.2) is 0 Å². The lowest BCUT2D eigenvalue weighted by Gasteiger charge is -2.30. The van der Waals surface area contributed by atoms with Crippen LogP contribution in [0.2, 0.25) is 0 Å². The molecule has 3 nitrogen and oxygen atoms in total. The monoisotopic (exact) mass is 231 g/mol. The largest absolute Gasteiger partial charge is 0.274 e. The Balaban J connectivity index is 2.07. The fraction of sp³-hybridized carbons (Fsp3) is 0.571. The number of allylic oxidation sites excluding steroid dienone is 1. The maximum Gasteiger partial charge on any atom is 0.257 e. The summed E-state index contributed by atoms with van der Waals surface area (Å²) in [5.74, 6) is -0.171. The van der Waals surface area contributed by atoms with E-state index in [0.717, 1.165) is 31.3 Å². The molecule has 1 saturated heterocycles. The van der Waals surface area contributed by atoms with E-state index in [9.17, 15) is 9.59 Å². The predicted octanol–water partition coefficient (Wildman–Crippen LogP) is 2.05. The number of amides is 2. The molecule has 3 aliphatic rings. The number of nitrogens with zero attached hydrogens (tertiary/aromatic N) is 1. The normalized spacial score (nSPS) is 34.9. The van der Waals surface area contributed by atoms with Gasteiger partial charge in [-0.15, -0.1) is 6.58 Å². The molecule has 0 aromatic carbocycles. The number of hydrogen-bond donors (Lipinski definition) is 0. The van der Waals surface area contributed by atoms with Crippen molar-refractivity contribution in [3.05, 3.63) is 23.8 Å². The molecule has 1 saturated carbocycles. The molecule has 1 aliphatic heterocycles. The van der Waals surface area contributed by atoms with Crippen LogP contribution < -0.4 is 0 Å². The Kier molecular flexibility index (Phi) is 2.09. The van der Waals surface area contributed by atoms with E-state index >= 15 is 0 Å². The fourth-order valence-corrected chi connectivity index (χ4v) is 3.86. The molecule has 2 aliphatic carbocycles. The molecule has 2 fully saturated rings. The highest BCUT2D eigenvalue weighted by Gasteiger charge is 2.60. The summed E-state index contributed by atoms with van der Waals surface area (Å²) in [6, 6.07) is 0. The van der Waals surface area contributed by atoms with Crippen molar-refractivity contribution in [3.63, 3.8) is 0 Å². The molecule has 2 atom stereocenters. The first kappa shape index (κ1) is 10.8. The number of hydrogen-bond acceptors (Lipinski definition) is 2. The average Bonchev–Trinajstić information content (AvgIpc) is 2.96. The summed E-state index contributed by atoms with van der Waals surface area (Å²) >= 11 is 0. The minimum absolute atomic E-state index is 0.0152. The van der Waals surface area contributed by atoms with Crippen LogP contribution in [0.4, 0.5) is 0 Å². The van der Waals surface area contributed by atoms with Gasteiger partial charge in [-0.05, 0) is 31.1 Å². The van der Waals surface area contributed by atoms with Gasteiger partial charge in [0.25, 0.3) is 5.91 Å². The molecule has 0 radical (unpaired) electrons. The first-order valence-electron chi connectivity index (χ1n) is 6.33. The Morgan fingerprint density at radius 2 is 2.29 bits per heavy atom. The van der Waals surface area contributed by atoms with Gasteiger partial charge in [0.15, 0.2) is 0 Å². The van der Waals surface area contributed by atoms with Crippen LogP contribution in [-0.4, -0.2) is 23.3 Å². The zero-order valence-corrected chi connectivity index (χ0v) is 10.2. The molecule has 2 bridgehead atoms. The highest BCUT2D eigenvalue weighted by molar-refractivity contribution is 6.16. The lowest BCUT2D eigenvalue weighted by Crippen LogP contribution is -2.36. The van der Waals surface area contributed by atoms with Crippen LogP contribution in [0.3, 0.4) is 0 Å². The van der Waals surface area contributed by atoms with Gasteiger partial charge in [0, 0.05) is 12.1 Å². The van der Waals surface area contributed by atoms with Crippen LogP contribution in [0.5, 0.6) is 0 Å². The number of imide groups is 1. The maximum absolute atomic E-state index is 12.4. The van der Waals surface area contributed by atoms with Crippen molar-refractivity contribution in [2.75, 3.05) is 6.54 Å². The summed E-state index contributed by atoms with van der Waals surface area (Å²) in [6.07, 6.45) is 5.69. The second-order valence-corrected chi connectivity index (χ2v) is 5.39. The highest BCUT2D eigenvalue weighted by Crippen LogP contribution is 2.61. The minimum atomic E-state index is -0.135. The van der Waals surface area contributed by atoms with Gasteiger partial charge in [0.2, 0.25) is 5.91 Å². The molecule has 0 aromatic heterocycles. The van der Waals surface area contributed by atoms with Crippen molar-refractivity contribution in [2.45, 2.75) is 32.6 Å². The van der Waals surface area contributed by atoms with E-state index in [-0.39, 0.29) is 23.1 Å². The van der Waals surface area contributed by atoms with Gasteiger partial charge in [-0.1, -0.05) is 18.6 Å². The summed E-state index contributed by atoms with van der Waals surface area (Å²) in [5, 5.41) is 0. The summed E-state index contributed by atoms with van der Waals surface area (Å²) in [7, 11) is 0. The van der Waals surface area contributed by atoms with E-state index in [1.807, 2.05) is 0 Å². The molecule has 1 heterocycles. The number of carbonyl (C=O) groups is 2. The molecule has 0 spiro atoms. The zero-order chi connectivity index (χ0) is 12.2. The number of likely N-dealkylation sites (tertiary alicyclic amines) is 1. The molecular formula is C14H17NO2. The zero-order valence-electron chi connectivity index (χ0n) is 10.2. The van der Waals surface area contributed by atoms with Crippen LogP contribution in [0.1, 0.15) is 32.6 Å². The lowest BCUT2D eigenvalue weighted by molar-refractivity contribution is -0.140. The van der Waals surface area contributed by atoms with Crippen LogP contribution in [0.25, 0.3) is 0 Å². The van der Waals surface area contributed by atoms with Crippen LogP contribution in [0.15, 0.2) is 23.8 Å².